The minimum Gasteiger partial charge on any atom is -0.275 e. The second-order valence-electron chi connectivity index (χ2n) is 3.60. The monoisotopic (exact) mass is 267 g/mol. The number of hydrogen-bond donors (Lipinski definition) is 0. The number of nitrogens with zero attached hydrogens (tertiary/aromatic N) is 5. The van der Waals surface area contributed by atoms with Gasteiger partial charge < -0.3 is 0 Å². The molecule has 0 fully saturated rings. The molecule has 3 aromatic heterocycles. The number of rotatable bonds is 1. The zero-order chi connectivity index (χ0) is 12.0. The van der Waals surface area contributed by atoms with Crippen molar-refractivity contribution in [3.8, 4) is 11.1 Å². The molecule has 0 N–H and O–H groups in total. The summed E-state index contributed by atoms with van der Waals surface area (Å²) in [6.07, 6.45) is 5.32. The third kappa shape index (κ3) is 1.67. The zero-order valence-electron chi connectivity index (χ0n) is 8.80. The Morgan fingerprint density at radius 1 is 1.18 bits per heavy atom. The summed E-state index contributed by atoms with van der Waals surface area (Å²) < 4.78 is 3.25. The third-order valence-corrected chi connectivity index (χ3v) is 2.88. The van der Waals surface area contributed by atoms with E-state index in [2.05, 4.69) is 15.2 Å². The van der Waals surface area contributed by atoms with Gasteiger partial charge >= 0.3 is 0 Å². The molecule has 0 saturated heterocycles. The van der Waals surface area contributed by atoms with Crippen LogP contribution in [0.1, 0.15) is 0 Å². The van der Waals surface area contributed by atoms with Crippen LogP contribution >= 0.6 is 23.2 Å². The van der Waals surface area contributed by atoms with Crippen LogP contribution in [0.4, 0.5) is 0 Å². The van der Waals surface area contributed by atoms with Crippen LogP contribution in [0.5, 0.6) is 0 Å². The van der Waals surface area contributed by atoms with Crippen LogP contribution in [-0.4, -0.2) is 24.4 Å². The fourth-order valence-corrected chi connectivity index (χ4v) is 2.13. The molecule has 3 rings (SSSR count). The van der Waals surface area contributed by atoms with Crippen LogP contribution < -0.4 is 0 Å². The summed E-state index contributed by atoms with van der Waals surface area (Å²) in [5, 5.41) is 9.05. The molecule has 0 aliphatic heterocycles. The van der Waals surface area contributed by atoms with Gasteiger partial charge in [-0.15, -0.1) is 0 Å². The summed E-state index contributed by atoms with van der Waals surface area (Å²) in [6, 6.07) is 1.55. The van der Waals surface area contributed by atoms with Crippen molar-refractivity contribution in [3.05, 3.63) is 35.0 Å². The van der Waals surface area contributed by atoms with E-state index in [4.69, 9.17) is 23.2 Å². The van der Waals surface area contributed by atoms with Crippen LogP contribution in [0.15, 0.2) is 24.7 Å². The number of aromatic nitrogens is 5. The van der Waals surface area contributed by atoms with Gasteiger partial charge in [0.2, 0.25) is 0 Å². The Labute approximate surface area is 107 Å². The van der Waals surface area contributed by atoms with Gasteiger partial charge in [-0.1, -0.05) is 23.2 Å². The van der Waals surface area contributed by atoms with Crippen molar-refractivity contribution in [1.29, 1.82) is 0 Å². The summed E-state index contributed by atoms with van der Waals surface area (Å²) >= 11 is 11.9. The molecule has 3 heterocycles. The lowest BCUT2D eigenvalue weighted by atomic mass is 10.2. The summed E-state index contributed by atoms with van der Waals surface area (Å²) in [7, 11) is 1.85. The molecule has 0 aliphatic rings. The van der Waals surface area contributed by atoms with Gasteiger partial charge in [-0.3, -0.25) is 4.68 Å². The predicted molar refractivity (Wildman–Crippen MR) is 65.2 cm³/mol. The van der Waals surface area contributed by atoms with Crippen molar-refractivity contribution in [3.63, 3.8) is 0 Å². The molecule has 17 heavy (non-hydrogen) atoms. The Hall–Kier alpha value is -1.59. The fourth-order valence-electron chi connectivity index (χ4n) is 1.66. The number of fused-ring (bicyclic) bond motifs is 1. The molecular weight excluding hydrogens is 261 g/mol. The van der Waals surface area contributed by atoms with Gasteiger partial charge in [0.1, 0.15) is 10.3 Å². The first kappa shape index (κ1) is 10.6. The van der Waals surface area contributed by atoms with E-state index in [1.54, 1.807) is 23.1 Å². The highest BCUT2D eigenvalue weighted by Crippen LogP contribution is 2.26. The molecule has 0 aromatic carbocycles. The maximum absolute atomic E-state index is 6.02. The van der Waals surface area contributed by atoms with Crippen LogP contribution in [-0.2, 0) is 7.05 Å². The van der Waals surface area contributed by atoms with E-state index < -0.39 is 0 Å². The van der Waals surface area contributed by atoms with Crippen LogP contribution in [0, 0.1) is 0 Å². The molecule has 0 bridgehead atoms. The maximum Gasteiger partial charge on any atom is 0.166 e. The second-order valence-corrected chi connectivity index (χ2v) is 4.37. The average Bonchev–Trinajstić information content (AvgIpc) is 2.83. The molecule has 5 nitrogen and oxygen atoms in total. The van der Waals surface area contributed by atoms with Gasteiger partial charge in [-0.25, -0.2) is 9.50 Å². The van der Waals surface area contributed by atoms with Crippen molar-refractivity contribution in [1.82, 2.24) is 24.4 Å². The molecule has 0 aliphatic carbocycles. The van der Waals surface area contributed by atoms with Crippen molar-refractivity contribution < 1.29 is 0 Å². The minimum atomic E-state index is 0.341. The summed E-state index contributed by atoms with van der Waals surface area (Å²) in [4.78, 5) is 4.23. The molecule has 0 spiro atoms. The normalized spacial score (nSPS) is 11.2. The topological polar surface area (TPSA) is 48.0 Å². The lowest BCUT2D eigenvalue weighted by molar-refractivity contribution is 0.768. The average molecular weight is 268 g/mol. The molecule has 7 heteroatoms. The van der Waals surface area contributed by atoms with E-state index in [9.17, 15) is 0 Å². The van der Waals surface area contributed by atoms with E-state index in [0.717, 1.165) is 11.1 Å². The predicted octanol–water partition coefficient (Wildman–Crippen LogP) is 2.44. The highest BCUT2D eigenvalue weighted by molar-refractivity contribution is 6.33. The quantitative estimate of drug-likeness (QED) is 0.637. The summed E-state index contributed by atoms with van der Waals surface area (Å²) in [5.74, 6) is 0. The largest absolute Gasteiger partial charge is 0.275 e. The first-order valence-corrected chi connectivity index (χ1v) is 5.59. The lowest BCUT2D eigenvalue weighted by Crippen LogP contribution is -1.92. The Balaban J connectivity index is 2.31. The molecule has 86 valence electrons. The molecular formula is C10H7Cl2N5. The summed E-state index contributed by atoms with van der Waals surface area (Å²) in [5.41, 5.74) is 2.39. The third-order valence-electron chi connectivity index (χ3n) is 2.41. The SMILES string of the molecule is Cn1cc(-c2cnn3c(Cl)cc(Cl)nc23)cn1. The highest BCUT2D eigenvalue weighted by Gasteiger charge is 2.12. The molecule has 0 unspecified atom stereocenters. The van der Waals surface area contributed by atoms with E-state index in [1.807, 2.05) is 13.2 Å². The van der Waals surface area contributed by atoms with Gasteiger partial charge in [-0.2, -0.15) is 10.2 Å². The van der Waals surface area contributed by atoms with E-state index >= 15 is 0 Å². The van der Waals surface area contributed by atoms with E-state index in [1.165, 1.54) is 4.52 Å². The highest BCUT2D eigenvalue weighted by atomic mass is 35.5. The van der Waals surface area contributed by atoms with Crippen molar-refractivity contribution in [2.24, 2.45) is 7.05 Å². The van der Waals surface area contributed by atoms with E-state index in [0.29, 0.717) is 16.0 Å². The first-order valence-electron chi connectivity index (χ1n) is 4.84. The number of halogens is 2. The van der Waals surface area contributed by atoms with Gasteiger partial charge in [0.25, 0.3) is 0 Å². The Bertz CT molecular complexity index is 700. The first-order chi connectivity index (χ1) is 8.15. The second kappa shape index (κ2) is 3.72. The van der Waals surface area contributed by atoms with E-state index in [-0.39, 0.29) is 0 Å². The zero-order valence-corrected chi connectivity index (χ0v) is 10.3. The van der Waals surface area contributed by atoms with Crippen LogP contribution in [0.3, 0.4) is 0 Å². The van der Waals surface area contributed by atoms with Crippen molar-refractivity contribution in [2.45, 2.75) is 0 Å². The van der Waals surface area contributed by atoms with Gasteiger partial charge in [-0.05, 0) is 0 Å². The number of aryl methyl sites for hydroxylation is 1. The fraction of sp³-hybridized carbons (Fsp3) is 0.100. The molecule has 3 aromatic rings. The smallest absolute Gasteiger partial charge is 0.166 e. The maximum atomic E-state index is 6.02. The Morgan fingerprint density at radius 3 is 2.71 bits per heavy atom. The number of hydrogen-bond acceptors (Lipinski definition) is 3. The Morgan fingerprint density at radius 2 is 2.00 bits per heavy atom. The molecule has 0 amide bonds. The van der Waals surface area contributed by atoms with Crippen LogP contribution in [0.25, 0.3) is 16.8 Å². The van der Waals surface area contributed by atoms with Gasteiger partial charge in [0.15, 0.2) is 5.65 Å². The van der Waals surface area contributed by atoms with Gasteiger partial charge in [0, 0.05) is 30.4 Å². The van der Waals surface area contributed by atoms with Crippen molar-refractivity contribution >= 4 is 28.8 Å². The van der Waals surface area contributed by atoms with Gasteiger partial charge in [0.05, 0.1) is 12.4 Å². The van der Waals surface area contributed by atoms with Crippen molar-refractivity contribution in [2.75, 3.05) is 0 Å². The molecule has 0 atom stereocenters. The van der Waals surface area contributed by atoms with Crippen LogP contribution in [0.2, 0.25) is 10.3 Å². The summed E-state index contributed by atoms with van der Waals surface area (Å²) in [6.45, 7) is 0. The molecule has 0 radical (unpaired) electrons. The minimum absolute atomic E-state index is 0.341. The Kier molecular flexibility index (Phi) is 2.31. The molecule has 0 saturated carbocycles. The standard InChI is InChI=1S/C10H7Cl2N5/c1-16-5-6(3-13-16)7-4-14-17-9(12)2-8(11)15-10(7)17/h2-5H,1H3. The lowest BCUT2D eigenvalue weighted by Gasteiger charge is -1.98.